The number of halogens is 1. The fourth-order valence-electron chi connectivity index (χ4n) is 2.29. The van der Waals surface area contributed by atoms with E-state index in [0.717, 1.165) is 23.2 Å². The Morgan fingerprint density at radius 1 is 1.32 bits per heavy atom. The van der Waals surface area contributed by atoms with Crippen molar-refractivity contribution >= 4 is 15.9 Å². The predicted octanol–water partition coefficient (Wildman–Crippen LogP) is 4.85. The summed E-state index contributed by atoms with van der Waals surface area (Å²) >= 11 is 3.63. The number of methoxy groups -OCH3 is 1. The van der Waals surface area contributed by atoms with Crippen LogP contribution in [0.5, 0.6) is 5.75 Å². The van der Waals surface area contributed by atoms with Crippen molar-refractivity contribution in [1.29, 1.82) is 0 Å². The van der Waals surface area contributed by atoms with Crippen molar-refractivity contribution in [3.05, 3.63) is 27.7 Å². The molecule has 1 aromatic rings. The average molecular weight is 328 g/mol. The zero-order valence-electron chi connectivity index (χ0n) is 12.9. The lowest BCUT2D eigenvalue weighted by Crippen LogP contribution is -2.34. The second-order valence-corrected chi connectivity index (χ2v) is 6.53. The van der Waals surface area contributed by atoms with Gasteiger partial charge in [0.1, 0.15) is 5.75 Å². The first kappa shape index (κ1) is 16.5. The Kier molecular flexibility index (Phi) is 5.87. The van der Waals surface area contributed by atoms with Gasteiger partial charge in [-0.1, -0.05) is 43.6 Å². The monoisotopic (exact) mass is 327 g/mol. The van der Waals surface area contributed by atoms with Gasteiger partial charge in [0.25, 0.3) is 0 Å². The highest BCUT2D eigenvalue weighted by Gasteiger charge is 2.31. The third kappa shape index (κ3) is 3.73. The normalized spacial score (nSPS) is 13.4. The maximum atomic E-state index is 5.59. The topological polar surface area (TPSA) is 21.3 Å². The van der Waals surface area contributed by atoms with Crippen LogP contribution < -0.4 is 10.1 Å². The van der Waals surface area contributed by atoms with Crippen molar-refractivity contribution in [3.8, 4) is 5.75 Å². The molecule has 0 saturated carbocycles. The van der Waals surface area contributed by atoms with Crippen LogP contribution in [-0.2, 0) is 0 Å². The molecule has 0 spiro atoms. The molecule has 0 heterocycles. The van der Waals surface area contributed by atoms with Crippen molar-refractivity contribution in [3.63, 3.8) is 0 Å². The van der Waals surface area contributed by atoms with Gasteiger partial charge in [0.15, 0.2) is 0 Å². The number of ether oxygens (including phenoxy) is 1. The molecule has 0 amide bonds. The van der Waals surface area contributed by atoms with Crippen LogP contribution in [0, 0.1) is 12.3 Å². The highest BCUT2D eigenvalue weighted by atomic mass is 79.9. The summed E-state index contributed by atoms with van der Waals surface area (Å²) in [7, 11) is 1.74. The van der Waals surface area contributed by atoms with Crippen LogP contribution in [0.4, 0.5) is 0 Å². The van der Waals surface area contributed by atoms with E-state index in [9.17, 15) is 0 Å². The van der Waals surface area contributed by atoms with Gasteiger partial charge in [-0.15, -0.1) is 0 Å². The molecular weight excluding hydrogens is 302 g/mol. The molecule has 1 aromatic carbocycles. The summed E-state index contributed by atoms with van der Waals surface area (Å²) in [5.74, 6) is 0.966. The van der Waals surface area contributed by atoms with Gasteiger partial charge in [-0.2, -0.15) is 0 Å². The minimum atomic E-state index is 0.179. The number of aryl methyl sites for hydroxylation is 1. The molecular formula is C16H26BrNO. The minimum Gasteiger partial charge on any atom is -0.496 e. The Labute approximate surface area is 126 Å². The molecule has 1 N–H and O–H groups in total. The van der Waals surface area contributed by atoms with E-state index >= 15 is 0 Å². The summed E-state index contributed by atoms with van der Waals surface area (Å²) in [5.41, 5.74) is 2.61. The molecule has 0 aliphatic carbocycles. The molecule has 3 heteroatoms. The van der Waals surface area contributed by atoms with Crippen molar-refractivity contribution < 1.29 is 4.74 Å². The van der Waals surface area contributed by atoms with E-state index in [1.807, 2.05) is 0 Å². The van der Waals surface area contributed by atoms with Crippen molar-refractivity contribution in [1.82, 2.24) is 5.32 Å². The van der Waals surface area contributed by atoms with Gasteiger partial charge in [0.2, 0.25) is 0 Å². The quantitative estimate of drug-likeness (QED) is 0.806. The molecule has 0 bridgehead atoms. The van der Waals surface area contributed by atoms with Crippen LogP contribution in [-0.4, -0.2) is 13.7 Å². The Bertz CT molecular complexity index is 429. The largest absolute Gasteiger partial charge is 0.496 e. The van der Waals surface area contributed by atoms with Gasteiger partial charge in [-0.05, 0) is 43.0 Å². The summed E-state index contributed by atoms with van der Waals surface area (Å²) in [6.07, 6.45) is 1.11. The highest BCUT2D eigenvalue weighted by Crippen LogP contribution is 2.41. The zero-order valence-corrected chi connectivity index (χ0v) is 14.5. The summed E-state index contributed by atoms with van der Waals surface area (Å²) in [6, 6.07) is 4.59. The first-order chi connectivity index (χ1) is 8.87. The van der Waals surface area contributed by atoms with E-state index in [4.69, 9.17) is 4.74 Å². The lowest BCUT2D eigenvalue weighted by Gasteiger charge is -2.35. The van der Waals surface area contributed by atoms with Gasteiger partial charge in [-0.3, -0.25) is 0 Å². The van der Waals surface area contributed by atoms with E-state index in [1.165, 1.54) is 11.1 Å². The second-order valence-electron chi connectivity index (χ2n) is 5.68. The molecule has 0 saturated heterocycles. The molecule has 1 unspecified atom stereocenters. The van der Waals surface area contributed by atoms with Gasteiger partial charge in [-0.25, -0.2) is 0 Å². The molecule has 19 heavy (non-hydrogen) atoms. The van der Waals surface area contributed by atoms with Gasteiger partial charge >= 0.3 is 0 Å². The SMILES string of the molecule is CCNC(c1cc(Br)c(C)cc1OC)C(C)(C)CC. The molecule has 0 fully saturated rings. The first-order valence-corrected chi connectivity index (χ1v) is 7.74. The molecule has 0 aliphatic rings. The number of hydrogen-bond acceptors (Lipinski definition) is 2. The Hall–Kier alpha value is -0.540. The van der Waals surface area contributed by atoms with Crippen LogP contribution in [0.1, 0.15) is 51.3 Å². The van der Waals surface area contributed by atoms with Gasteiger partial charge in [0.05, 0.1) is 7.11 Å². The van der Waals surface area contributed by atoms with Gasteiger partial charge < -0.3 is 10.1 Å². The standard InChI is InChI=1S/C16H26BrNO/c1-7-16(4,5)15(18-8-2)12-10-13(17)11(3)9-14(12)19-6/h9-10,15,18H,7-8H2,1-6H3. The lowest BCUT2D eigenvalue weighted by molar-refractivity contribution is 0.231. The number of hydrogen-bond donors (Lipinski definition) is 1. The van der Waals surface area contributed by atoms with E-state index in [2.05, 4.69) is 68.0 Å². The molecule has 108 valence electrons. The maximum Gasteiger partial charge on any atom is 0.123 e. The Morgan fingerprint density at radius 3 is 2.42 bits per heavy atom. The van der Waals surface area contributed by atoms with Crippen molar-refractivity contribution in [2.24, 2.45) is 5.41 Å². The molecule has 2 nitrogen and oxygen atoms in total. The minimum absolute atomic E-state index is 0.179. The van der Waals surface area contributed by atoms with Crippen molar-refractivity contribution in [2.75, 3.05) is 13.7 Å². The predicted molar refractivity (Wildman–Crippen MR) is 85.9 cm³/mol. The van der Waals surface area contributed by atoms with Crippen molar-refractivity contribution in [2.45, 2.75) is 47.1 Å². The Morgan fingerprint density at radius 2 is 1.95 bits per heavy atom. The van der Waals surface area contributed by atoms with Crippen LogP contribution >= 0.6 is 15.9 Å². The summed E-state index contributed by atoms with van der Waals surface area (Å²) in [4.78, 5) is 0. The third-order valence-corrected chi connectivity index (χ3v) is 4.78. The second kappa shape index (κ2) is 6.76. The molecule has 0 aliphatic heterocycles. The molecule has 1 atom stereocenters. The van der Waals surface area contributed by atoms with Gasteiger partial charge in [0, 0.05) is 16.1 Å². The summed E-state index contributed by atoms with van der Waals surface area (Å²) < 4.78 is 6.72. The van der Waals surface area contributed by atoms with Crippen LogP contribution in [0.2, 0.25) is 0 Å². The number of rotatable bonds is 6. The molecule has 0 aromatic heterocycles. The van der Waals surface area contributed by atoms with Crippen LogP contribution in [0.15, 0.2) is 16.6 Å². The van der Waals surface area contributed by atoms with E-state index in [0.29, 0.717) is 0 Å². The number of nitrogens with one attached hydrogen (secondary N) is 1. The fraction of sp³-hybridized carbons (Fsp3) is 0.625. The zero-order chi connectivity index (χ0) is 14.6. The smallest absolute Gasteiger partial charge is 0.123 e. The van der Waals surface area contributed by atoms with E-state index in [-0.39, 0.29) is 11.5 Å². The number of benzene rings is 1. The highest BCUT2D eigenvalue weighted by molar-refractivity contribution is 9.10. The summed E-state index contributed by atoms with van der Waals surface area (Å²) in [6.45, 7) is 12.0. The Balaban J connectivity index is 3.33. The third-order valence-electron chi connectivity index (χ3n) is 3.92. The maximum absolute atomic E-state index is 5.59. The molecule has 0 radical (unpaired) electrons. The average Bonchev–Trinajstić information content (AvgIpc) is 2.38. The van der Waals surface area contributed by atoms with Crippen LogP contribution in [0.3, 0.4) is 0 Å². The van der Waals surface area contributed by atoms with Crippen LogP contribution in [0.25, 0.3) is 0 Å². The van der Waals surface area contributed by atoms with E-state index in [1.54, 1.807) is 7.11 Å². The van der Waals surface area contributed by atoms with E-state index < -0.39 is 0 Å². The first-order valence-electron chi connectivity index (χ1n) is 6.94. The molecule has 1 rings (SSSR count). The lowest BCUT2D eigenvalue weighted by atomic mass is 9.78. The summed E-state index contributed by atoms with van der Waals surface area (Å²) in [5, 5.41) is 3.61. The fourth-order valence-corrected chi connectivity index (χ4v) is 2.65.